The van der Waals surface area contributed by atoms with Crippen molar-refractivity contribution in [3.8, 4) is 0 Å². The van der Waals surface area contributed by atoms with E-state index in [2.05, 4.69) is 16.0 Å². The number of thioether (sulfide) groups is 1. The Labute approximate surface area is 158 Å². The van der Waals surface area contributed by atoms with Gasteiger partial charge in [0.05, 0.1) is 24.7 Å². The molecule has 2 saturated heterocycles. The van der Waals surface area contributed by atoms with Crippen molar-refractivity contribution in [2.45, 2.75) is 55.5 Å². The standard InChI is InChI=1S/C19H27N3O3S/c23-11-14(10-13-6-2-1-3-7-13)20-17(24)9-5-4-8-16-18-15(12-26-16)21-19(25)22-18/h1-3,6-7,14-16,18,23H,4-5,8-12H2,(H,20,24)(H2,21,22,25)/t14-,15-,16+,18-/m0/s1. The van der Waals surface area contributed by atoms with Crippen LogP contribution in [0.25, 0.3) is 0 Å². The van der Waals surface area contributed by atoms with Crippen LogP contribution < -0.4 is 16.0 Å². The smallest absolute Gasteiger partial charge is 0.315 e. The van der Waals surface area contributed by atoms with Gasteiger partial charge in [-0.1, -0.05) is 36.8 Å². The molecule has 0 saturated carbocycles. The van der Waals surface area contributed by atoms with Gasteiger partial charge in [0.1, 0.15) is 0 Å². The van der Waals surface area contributed by atoms with Crippen LogP contribution in [0.15, 0.2) is 30.3 Å². The molecule has 2 aliphatic heterocycles. The van der Waals surface area contributed by atoms with Gasteiger partial charge >= 0.3 is 6.03 Å². The third-order valence-corrected chi connectivity index (χ3v) is 6.50. The van der Waals surface area contributed by atoms with Crippen LogP contribution in [0.1, 0.15) is 31.2 Å². The summed E-state index contributed by atoms with van der Waals surface area (Å²) >= 11 is 1.90. The molecular weight excluding hydrogens is 350 g/mol. The molecule has 4 atom stereocenters. The molecule has 2 aliphatic rings. The molecule has 0 radical (unpaired) electrons. The summed E-state index contributed by atoms with van der Waals surface area (Å²) in [6.07, 6.45) is 3.91. The zero-order chi connectivity index (χ0) is 18.4. The number of fused-ring (bicyclic) bond motifs is 1. The second kappa shape index (κ2) is 9.28. The van der Waals surface area contributed by atoms with Crippen molar-refractivity contribution in [2.24, 2.45) is 0 Å². The Morgan fingerprint density at radius 3 is 2.85 bits per heavy atom. The number of amides is 3. The second-order valence-corrected chi connectivity index (χ2v) is 8.28. The highest BCUT2D eigenvalue weighted by atomic mass is 32.2. The van der Waals surface area contributed by atoms with Gasteiger partial charge < -0.3 is 21.1 Å². The number of benzene rings is 1. The largest absolute Gasteiger partial charge is 0.394 e. The summed E-state index contributed by atoms with van der Waals surface area (Å²) in [6.45, 7) is -0.0604. The van der Waals surface area contributed by atoms with Crippen LogP contribution >= 0.6 is 11.8 Å². The molecule has 142 valence electrons. The minimum atomic E-state index is -0.240. The first-order chi connectivity index (χ1) is 12.7. The number of hydrogen-bond acceptors (Lipinski definition) is 4. The molecule has 0 unspecified atom stereocenters. The van der Waals surface area contributed by atoms with Gasteiger partial charge in [0.25, 0.3) is 0 Å². The number of urea groups is 1. The van der Waals surface area contributed by atoms with Gasteiger partial charge in [-0.25, -0.2) is 4.79 Å². The summed E-state index contributed by atoms with van der Waals surface area (Å²) in [5, 5.41) is 18.8. The van der Waals surface area contributed by atoms with Gasteiger partial charge in [-0.05, 0) is 24.8 Å². The van der Waals surface area contributed by atoms with Crippen molar-refractivity contribution in [3.63, 3.8) is 0 Å². The van der Waals surface area contributed by atoms with Crippen LogP contribution in [0.2, 0.25) is 0 Å². The van der Waals surface area contributed by atoms with Gasteiger partial charge in [-0.15, -0.1) is 0 Å². The topological polar surface area (TPSA) is 90.5 Å². The van der Waals surface area contributed by atoms with E-state index in [1.54, 1.807) is 0 Å². The van der Waals surface area contributed by atoms with E-state index in [0.717, 1.165) is 30.6 Å². The van der Waals surface area contributed by atoms with Crippen LogP contribution in [-0.2, 0) is 11.2 Å². The van der Waals surface area contributed by atoms with Crippen LogP contribution in [0, 0.1) is 0 Å². The first kappa shape index (κ1) is 19.0. The summed E-state index contributed by atoms with van der Waals surface area (Å²) in [5.41, 5.74) is 1.10. The van der Waals surface area contributed by atoms with Crippen molar-refractivity contribution in [2.75, 3.05) is 12.4 Å². The average molecular weight is 378 g/mol. The lowest BCUT2D eigenvalue weighted by Crippen LogP contribution is -2.39. The van der Waals surface area contributed by atoms with E-state index in [4.69, 9.17) is 0 Å². The van der Waals surface area contributed by atoms with Gasteiger partial charge in [-0.3, -0.25) is 4.79 Å². The van der Waals surface area contributed by atoms with Crippen molar-refractivity contribution in [1.29, 1.82) is 0 Å². The Hall–Kier alpha value is -1.73. The van der Waals surface area contributed by atoms with E-state index in [0.29, 0.717) is 18.1 Å². The molecule has 2 fully saturated rings. The van der Waals surface area contributed by atoms with Crippen molar-refractivity contribution < 1.29 is 14.7 Å². The first-order valence-electron chi connectivity index (χ1n) is 9.28. The number of hydrogen-bond donors (Lipinski definition) is 4. The van der Waals surface area contributed by atoms with E-state index in [1.165, 1.54) is 0 Å². The van der Waals surface area contributed by atoms with E-state index in [1.807, 2.05) is 42.1 Å². The zero-order valence-electron chi connectivity index (χ0n) is 14.8. The fourth-order valence-corrected chi connectivity index (χ4v) is 5.18. The number of unbranched alkanes of at least 4 members (excludes halogenated alkanes) is 1. The monoisotopic (exact) mass is 377 g/mol. The molecule has 1 aromatic carbocycles. The number of aliphatic hydroxyl groups is 1. The van der Waals surface area contributed by atoms with Crippen molar-refractivity contribution >= 4 is 23.7 Å². The number of nitrogens with one attached hydrogen (secondary N) is 3. The minimum absolute atomic E-state index is 0.00670. The molecule has 26 heavy (non-hydrogen) atoms. The highest BCUT2D eigenvalue weighted by Gasteiger charge is 2.42. The van der Waals surface area contributed by atoms with Gasteiger partial charge in [0.2, 0.25) is 5.91 Å². The predicted octanol–water partition coefficient (Wildman–Crippen LogP) is 1.43. The number of carbonyl (C=O) groups excluding carboxylic acids is 2. The zero-order valence-corrected chi connectivity index (χ0v) is 15.6. The first-order valence-corrected chi connectivity index (χ1v) is 10.3. The molecule has 0 aliphatic carbocycles. The number of carbonyl (C=O) groups is 2. The predicted molar refractivity (Wildman–Crippen MR) is 103 cm³/mol. The third-order valence-electron chi connectivity index (χ3n) is 4.99. The van der Waals surface area contributed by atoms with Gasteiger partial charge in [0.15, 0.2) is 0 Å². The van der Waals surface area contributed by atoms with Crippen LogP contribution in [0.4, 0.5) is 4.79 Å². The molecule has 3 amide bonds. The Kier molecular flexibility index (Phi) is 6.80. The summed E-state index contributed by atoms with van der Waals surface area (Å²) < 4.78 is 0. The molecule has 0 aromatic heterocycles. The third kappa shape index (κ3) is 5.14. The Balaban J connectivity index is 1.33. The SMILES string of the molecule is O=C(CCCC[C@H]1SC[C@@H]2NC(=O)N[C@@H]21)N[C@H](CO)Cc1ccccc1. The molecular formula is C19H27N3O3S. The molecule has 1 aromatic rings. The minimum Gasteiger partial charge on any atom is -0.394 e. The molecule has 4 N–H and O–H groups in total. The molecule has 0 bridgehead atoms. The fraction of sp³-hybridized carbons (Fsp3) is 0.579. The maximum Gasteiger partial charge on any atom is 0.315 e. The molecule has 7 heteroatoms. The van der Waals surface area contributed by atoms with E-state index in [-0.39, 0.29) is 36.7 Å². The van der Waals surface area contributed by atoms with Gasteiger partial charge in [-0.2, -0.15) is 11.8 Å². The van der Waals surface area contributed by atoms with Crippen LogP contribution in [-0.4, -0.2) is 52.8 Å². The Morgan fingerprint density at radius 2 is 2.08 bits per heavy atom. The van der Waals surface area contributed by atoms with Crippen LogP contribution in [0.5, 0.6) is 0 Å². The Morgan fingerprint density at radius 1 is 1.27 bits per heavy atom. The lowest BCUT2D eigenvalue weighted by molar-refractivity contribution is -0.122. The summed E-state index contributed by atoms with van der Waals surface area (Å²) in [5.74, 6) is 0.958. The summed E-state index contributed by atoms with van der Waals surface area (Å²) in [7, 11) is 0. The Bertz CT molecular complexity index is 613. The quantitative estimate of drug-likeness (QED) is 0.387. The molecule has 3 rings (SSSR count). The lowest BCUT2D eigenvalue weighted by Gasteiger charge is -2.18. The van der Waals surface area contributed by atoms with E-state index < -0.39 is 0 Å². The highest BCUT2D eigenvalue weighted by molar-refractivity contribution is 8.00. The summed E-state index contributed by atoms with van der Waals surface area (Å²) in [4.78, 5) is 23.5. The average Bonchev–Trinajstić information content (AvgIpc) is 3.18. The van der Waals surface area contributed by atoms with Crippen LogP contribution in [0.3, 0.4) is 0 Å². The van der Waals surface area contributed by atoms with Crippen molar-refractivity contribution in [3.05, 3.63) is 35.9 Å². The highest BCUT2D eigenvalue weighted by Crippen LogP contribution is 2.33. The number of aliphatic hydroxyl groups excluding tert-OH is 1. The van der Waals surface area contributed by atoms with E-state index >= 15 is 0 Å². The number of rotatable bonds is 9. The van der Waals surface area contributed by atoms with Gasteiger partial charge in [0, 0.05) is 17.4 Å². The fourth-order valence-electron chi connectivity index (χ4n) is 3.63. The molecule has 6 nitrogen and oxygen atoms in total. The lowest BCUT2D eigenvalue weighted by atomic mass is 10.0. The molecule has 2 heterocycles. The van der Waals surface area contributed by atoms with E-state index in [9.17, 15) is 14.7 Å². The maximum absolute atomic E-state index is 12.1. The molecule has 0 spiro atoms. The normalized spacial score (nSPS) is 25.3. The maximum atomic E-state index is 12.1. The van der Waals surface area contributed by atoms with Crippen molar-refractivity contribution in [1.82, 2.24) is 16.0 Å². The summed E-state index contributed by atoms with van der Waals surface area (Å²) in [6, 6.07) is 10.0. The second-order valence-electron chi connectivity index (χ2n) is 7.00.